The molecule has 0 saturated carbocycles. The van der Waals surface area contributed by atoms with Crippen molar-refractivity contribution in [2.24, 2.45) is 0 Å². The number of rotatable bonds is 6. The minimum Gasteiger partial charge on any atom is -0.459 e. The third kappa shape index (κ3) is 4.28. The fraction of sp³-hybridized carbons (Fsp3) is 0.0526. The molecule has 0 aliphatic carbocycles. The van der Waals surface area contributed by atoms with Crippen molar-refractivity contribution in [3.8, 4) is 0 Å². The van der Waals surface area contributed by atoms with Gasteiger partial charge in [0.2, 0.25) is 5.78 Å². The fourth-order valence-electron chi connectivity index (χ4n) is 2.26. The molecule has 1 heterocycles. The lowest BCUT2D eigenvalue weighted by molar-refractivity contribution is 0.0853. The molecule has 0 saturated heterocycles. The van der Waals surface area contributed by atoms with Crippen molar-refractivity contribution in [2.45, 2.75) is 6.17 Å². The first-order valence-corrected chi connectivity index (χ1v) is 7.97. The summed E-state index contributed by atoms with van der Waals surface area (Å²) in [6, 6.07) is 18.7. The Hall–Kier alpha value is -3.05. The van der Waals surface area contributed by atoms with E-state index in [2.05, 4.69) is 10.6 Å². The largest absolute Gasteiger partial charge is 0.459 e. The summed E-state index contributed by atoms with van der Waals surface area (Å²) in [5, 5.41) is 6.25. The van der Waals surface area contributed by atoms with E-state index in [0.717, 1.165) is 0 Å². The van der Waals surface area contributed by atoms with Gasteiger partial charge in [-0.3, -0.25) is 9.59 Å². The molecule has 2 N–H and O–H groups in total. The quantitative estimate of drug-likeness (QED) is 0.518. The molecule has 0 unspecified atom stereocenters. The molecule has 1 aromatic heterocycles. The van der Waals surface area contributed by atoms with Gasteiger partial charge in [0.05, 0.1) is 6.26 Å². The monoisotopic (exact) mass is 354 g/mol. The van der Waals surface area contributed by atoms with Gasteiger partial charge in [-0.15, -0.1) is 0 Å². The van der Waals surface area contributed by atoms with E-state index >= 15 is 0 Å². The summed E-state index contributed by atoms with van der Waals surface area (Å²) in [7, 11) is 0. The molecular weight excluding hydrogens is 340 g/mol. The summed E-state index contributed by atoms with van der Waals surface area (Å²) >= 11 is 5.88. The Kier molecular flexibility index (Phi) is 5.16. The predicted octanol–water partition coefficient (Wildman–Crippen LogP) is 3.98. The fourth-order valence-corrected chi connectivity index (χ4v) is 2.39. The van der Waals surface area contributed by atoms with Crippen molar-refractivity contribution in [3.05, 3.63) is 89.3 Å². The van der Waals surface area contributed by atoms with Gasteiger partial charge in [-0.2, -0.15) is 0 Å². The average Bonchev–Trinajstić information content (AvgIpc) is 3.18. The minimum absolute atomic E-state index is 0.128. The van der Waals surface area contributed by atoms with Gasteiger partial charge in [-0.05, 0) is 36.4 Å². The van der Waals surface area contributed by atoms with Crippen LogP contribution in [0.4, 0.5) is 5.69 Å². The van der Waals surface area contributed by atoms with Gasteiger partial charge in [0.25, 0.3) is 5.91 Å². The van der Waals surface area contributed by atoms with Crippen LogP contribution in [0.25, 0.3) is 0 Å². The van der Waals surface area contributed by atoms with Gasteiger partial charge in [-0.1, -0.05) is 41.9 Å². The zero-order valence-electron chi connectivity index (χ0n) is 13.1. The third-order valence-electron chi connectivity index (χ3n) is 3.50. The Morgan fingerprint density at radius 1 is 0.920 bits per heavy atom. The maximum atomic E-state index is 12.8. The van der Waals surface area contributed by atoms with Gasteiger partial charge in [0.15, 0.2) is 11.9 Å². The van der Waals surface area contributed by atoms with Crippen LogP contribution >= 0.6 is 11.6 Å². The highest BCUT2D eigenvalue weighted by atomic mass is 35.5. The van der Waals surface area contributed by atoms with Gasteiger partial charge in [-0.25, -0.2) is 0 Å². The number of anilines is 1. The number of nitrogens with one attached hydrogen (secondary N) is 2. The smallest absolute Gasteiger partial charge is 0.288 e. The van der Waals surface area contributed by atoms with Crippen LogP contribution in [0.2, 0.25) is 5.02 Å². The van der Waals surface area contributed by atoms with Crippen molar-refractivity contribution in [2.75, 3.05) is 5.32 Å². The second-order valence-electron chi connectivity index (χ2n) is 5.27. The molecule has 1 atom stereocenters. The zero-order chi connectivity index (χ0) is 17.6. The number of Topliss-reactive ketones (excluding diaryl/α,β-unsaturated/α-hetero) is 1. The topological polar surface area (TPSA) is 71.3 Å². The molecule has 5 nitrogen and oxygen atoms in total. The molecule has 2 aromatic carbocycles. The number of benzene rings is 2. The van der Waals surface area contributed by atoms with E-state index in [1.54, 1.807) is 54.6 Å². The van der Waals surface area contributed by atoms with Crippen LogP contribution in [0.1, 0.15) is 20.9 Å². The van der Waals surface area contributed by atoms with E-state index in [1.165, 1.54) is 12.3 Å². The number of hydrogen-bond acceptors (Lipinski definition) is 4. The highest BCUT2D eigenvalue weighted by Crippen LogP contribution is 2.15. The summed E-state index contributed by atoms with van der Waals surface area (Å²) in [5.74, 6) is -0.625. The van der Waals surface area contributed by atoms with Gasteiger partial charge >= 0.3 is 0 Å². The molecule has 1 amide bonds. The summed E-state index contributed by atoms with van der Waals surface area (Å²) < 4.78 is 5.08. The van der Waals surface area contributed by atoms with Crippen LogP contribution < -0.4 is 10.6 Å². The SMILES string of the molecule is O=C(N[C@H](Nc1ccc(Cl)cc1)C(=O)c1ccccc1)c1ccco1. The lowest BCUT2D eigenvalue weighted by Gasteiger charge is -2.20. The molecule has 0 radical (unpaired) electrons. The van der Waals surface area contributed by atoms with Crippen LogP contribution in [-0.2, 0) is 0 Å². The Bertz CT molecular complexity index is 846. The van der Waals surface area contributed by atoms with Crippen molar-refractivity contribution < 1.29 is 14.0 Å². The van der Waals surface area contributed by atoms with Crippen molar-refractivity contribution in [3.63, 3.8) is 0 Å². The molecule has 0 bridgehead atoms. The van der Waals surface area contributed by atoms with E-state index in [0.29, 0.717) is 16.3 Å². The summed E-state index contributed by atoms with van der Waals surface area (Å²) in [6.07, 6.45) is 0.441. The third-order valence-corrected chi connectivity index (χ3v) is 3.75. The van der Waals surface area contributed by atoms with Crippen LogP contribution in [0, 0.1) is 0 Å². The standard InChI is InChI=1S/C19H15ClN2O3/c20-14-8-10-15(11-9-14)21-18(17(23)13-5-2-1-3-6-13)22-19(24)16-7-4-12-25-16/h1-12,18,21H,(H,22,24)/t18-/m0/s1. The molecule has 25 heavy (non-hydrogen) atoms. The van der Waals surface area contributed by atoms with Gasteiger partial charge in [0.1, 0.15) is 0 Å². The average molecular weight is 355 g/mol. The number of hydrogen-bond donors (Lipinski definition) is 2. The van der Waals surface area contributed by atoms with E-state index < -0.39 is 12.1 Å². The van der Waals surface area contributed by atoms with E-state index in [1.807, 2.05) is 6.07 Å². The summed E-state index contributed by atoms with van der Waals surface area (Å²) in [6.45, 7) is 0. The Morgan fingerprint density at radius 2 is 1.64 bits per heavy atom. The van der Waals surface area contributed by atoms with Crippen LogP contribution in [0.15, 0.2) is 77.4 Å². The van der Waals surface area contributed by atoms with E-state index in [9.17, 15) is 9.59 Å². The van der Waals surface area contributed by atoms with E-state index in [4.69, 9.17) is 16.0 Å². The molecule has 0 spiro atoms. The number of halogens is 1. The number of ketones is 1. The van der Waals surface area contributed by atoms with Crippen LogP contribution in [0.3, 0.4) is 0 Å². The maximum Gasteiger partial charge on any atom is 0.288 e. The number of furan rings is 1. The Labute approximate surface area is 149 Å². The minimum atomic E-state index is -0.957. The van der Waals surface area contributed by atoms with E-state index in [-0.39, 0.29) is 11.5 Å². The normalized spacial score (nSPS) is 11.6. The summed E-state index contributed by atoms with van der Waals surface area (Å²) in [5.41, 5.74) is 1.13. The second-order valence-corrected chi connectivity index (χ2v) is 5.70. The van der Waals surface area contributed by atoms with Gasteiger partial charge in [0, 0.05) is 16.3 Å². The molecule has 0 fully saturated rings. The van der Waals surface area contributed by atoms with Crippen molar-refractivity contribution in [1.29, 1.82) is 0 Å². The summed E-state index contributed by atoms with van der Waals surface area (Å²) in [4.78, 5) is 25.1. The Balaban J connectivity index is 1.83. The lowest BCUT2D eigenvalue weighted by atomic mass is 10.1. The molecule has 6 heteroatoms. The van der Waals surface area contributed by atoms with Crippen LogP contribution in [0.5, 0.6) is 0 Å². The Morgan fingerprint density at radius 3 is 2.28 bits per heavy atom. The number of amides is 1. The molecule has 3 aromatic rings. The maximum absolute atomic E-state index is 12.8. The first kappa shape index (κ1) is 16.8. The molecule has 126 valence electrons. The number of carbonyl (C=O) groups excluding carboxylic acids is 2. The van der Waals surface area contributed by atoms with Crippen LogP contribution in [-0.4, -0.2) is 17.9 Å². The predicted molar refractivity (Wildman–Crippen MR) is 95.8 cm³/mol. The molecular formula is C19H15ClN2O3. The highest BCUT2D eigenvalue weighted by molar-refractivity contribution is 6.30. The zero-order valence-corrected chi connectivity index (χ0v) is 13.9. The first-order chi connectivity index (χ1) is 12.1. The molecule has 0 aliphatic rings. The second kappa shape index (κ2) is 7.68. The highest BCUT2D eigenvalue weighted by Gasteiger charge is 2.23. The molecule has 0 aliphatic heterocycles. The molecule has 3 rings (SSSR count). The lowest BCUT2D eigenvalue weighted by Crippen LogP contribution is -2.46. The number of carbonyl (C=O) groups is 2. The van der Waals surface area contributed by atoms with Crippen molar-refractivity contribution >= 4 is 29.0 Å². The first-order valence-electron chi connectivity index (χ1n) is 7.59. The van der Waals surface area contributed by atoms with Crippen molar-refractivity contribution in [1.82, 2.24) is 5.32 Å². The van der Waals surface area contributed by atoms with Gasteiger partial charge < -0.3 is 15.1 Å².